The molecule has 61 heavy (non-hydrogen) atoms. The smallest absolute Gasteiger partial charge is 0.256 e. The van der Waals surface area contributed by atoms with Crippen LogP contribution in [0.2, 0.25) is 0 Å². The highest BCUT2D eigenvalue weighted by atomic mass is 32.1. The largest absolute Gasteiger partial charge is 0.493 e. The van der Waals surface area contributed by atoms with Gasteiger partial charge in [0.2, 0.25) is 0 Å². The Morgan fingerprint density at radius 1 is 0.770 bits per heavy atom. The van der Waals surface area contributed by atoms with Gasteiger partial charge in [-0.05, 0) is 118 Å². The van der Waals surface area contributed by atoms with E-state index in [1.807, 2.05) is 24.1 Å². The molecule has 0 saturated carbocycles. The maximum Gasteiger partial charge on any atom is 0.256 e. The van der Waals surface area contributed by atoms with Crippen LogP contribution in [0.3, 0.4) is 0 Å². The minimum absolute atomic E-state index is 0. The Labute approximate surface area is 369 Å². The van der Waals surface area contributed by atoms with Crippen molar-refractivity contribution in [3.05, 3.63) is 75.8 Å². The quantitative estimate of drug-likeness (QED) is 0.0938. The molecule has 334 valence electrons. The highest BCUT2D eigenvalue weighted by molar-refractivity contribution is 7.81. The molecule has 3 aromatic carbocycles. The minimum Gasteiger partial charge on any atom is -0.493 e. The third-order valence-corrected chi connectivity index (χ3v) is 11.7. The predicted molar refractivity (Wildman–Crippen MR) is 246 cm³/mol. The van der Waals surface area contributed by atoms with E-state index in [2.05, 4.69) is 47.9 Å². The lowest BCUT2D eigenvalue weighted by atomic mass is 9.99. The van der Waals surface area contributed by atoms with Crippen LogP contribution in [0.1, 0.15) is 104 Å². The van der Waals surface area contributed by atoms with Crippen LogP contribution in [-0.4, -0.2) is 118 Å². The first-order valence-electron chi connectivity index (χ1n) is 21.0. The lowest BCUT2D eigenvalue weighted by Crippen LogP contribution is -2.37. The Bertz CT molecular complexity index is 2000. The third kappa shape index (κ3) is 11.8. The van der Waals surface area contributed by atoms with Gasteiger partial charge in [-0.2, -0.15) is 12.6 Å². The van der Waals surface area contributed by atoms with E-state index >= 15 is 0 Å². The van der Waals surface area contributed by atoms with Crippen LogP contribution in [0.5, 0.6) is 17.2 Å². The van der Waals surface area contributed by atoms with Crippen molar-refractivity contribution in [2.24, 2.45) is 4.99 Å². The summed E-state index contributed by atoms with van der Waals surface area (Å²) in [6, 6.07) is 14.4. The molecule has 0 N–H and O–H groups in total. The Kier molecular flexibility index (Phi) is 17.0. The molecule has 0 bridgehead atoms. The first kappa shape index (κ1) is 47.7. The number of benzene rings is 3. The zero-order valence-electron chi connectivity index (χ0n) is 35.3. The summed E-state index contributed by atoms with van der Waals surface area (Å²) in [5.41, 5.74) is 6.77. The van der Waals surface area contributed by atoms with Gasteiger partial charge in [0.1, 0.15) is 19.0 Å². The number of amides is 2. The summed E-state index contributed by atoms with van der Waals surface area (Å²) < 4.78 is 35.2. The summed E-state index contributed by atoms with van der Waals surface area (Å²) in [6.45, 7) is 12.2. The number of methoxy groups -OCH3 is 2. The highest BCUT2D eigenvalue weighted by Crippen LogP contribution is 2.39. The summed E-state index contributed by atoms with van der Waals surface area (Å²) >= 11 is 4.92. The second-order valence-corrected chi connectivity index (χ2v) is 17.9. The van der Waals surface area contributed by atoms with Crippen LogP contribution < -0.4 is 19.1 Å². The molecule has 0 spiro atoms. The van der Waals surface area contributed by atoms with Crippen molar-refractivity contribution >= 4 is 42.0 Å². The fourth-order valence-corrected chi connectivity index (χ4v) is 8.78. The summed E-state index contributed by atoms with van der Waals surface area (Å²) in [5, 5.41) is 0. The third-order valence-electron chi connectivity index (χ3n) is 11.6. The highest BCUT2D eigenvalue weighted by Gasteiger charge is 2.34. The summed E-state index contributed by atoms with van der Waals surface area (Å²) in [5.74, 6) is 1.87. The molecule has 12 nitrogen and oxygen atoms in total. The first-order chi connectivity index (χ1) is 28.5. The van der Waals surface area contributed by atoms with Gasteiger partial charge in [0.25, 0.3) is 11.8 Å². The molecule has 3 aromatic rings. The molecule has 13 heteroatoms. The van der Waals surface area contributed by atoms with Crippen LogP contribution in [0.4, 0.5) is 11.4 Å². The van der Waals surface area contributed by atoms with Gasteiger partial charge in [-0.1, -0.05) is 14.9 Å². The number of rotatable bonds is 19. The van der Waals surface area contributed by atoms with Crippen molar-refractivity contribution in [2.45, 2.75) is 104 Å². The summed E-state index contributed by atoms with van der Waals surface area (Å²) in [4.78, 5) is 38.0. The van der Waals surface area contributed by atoms with Crippen LogP contribution in [-0.2, 0) is 33.8 Å². The molecule has 2 saturated heterocycles. The summed E-state index contributed by atoms with van der Waals surface area (Å²) in [7, 11) is 3.24. The maximum atomic E-state index is 13.5. The van der Waals surface area contributed by atoms with Gasteiger partial charge in [0, 0.05) is 67.6 Å². The first-order valence-corrected chi connectivity index (χ1v) is 21.5. The number of hydrogen-bond acceptors (Lipinski definition) is 11. The van der Waals surface area contributed by atoms with Crippen molar-refractivity contribution < 1.29 is 38.0 Å². The molecule has 0 radical (unpaired) electrons. The van der Waals surface area contributed by atoms with Gasteiger partial charge in [0.05, 0.1) is 57.4 Å². The van der Waals surface area contributed by atoms with Crippen LogP contribution in [0.25, 0.3) is 0 Å². The Morgan fingerprint density at radius 3 is 2.16 bits per heavy atom. The van der Waals surface area contributed by atoms with Gasteiger partial charge in [-0.15, -0.1) is 0 Å². The van der Waals surface area contributed by atoms with E-state index in [0.29, 0.717) is 81.5 Å². The summed E-state index contributed by atoms with van der Waals surface area (Å²) in [6.07, 6.45) is 7.75. The zero-order valence-corrected chi connectivity index (χ0v) is 36.2. The number of aryl methyl sites for hydroxylation is 2. The zero-order chi connectivity index (χ0) is 41.5. The van der Waals surface area contributed by atoms with Crippen molar-refractivity contribution in [3.63, 3.8) is 0 Å². The number of nitrogens with zero attached hydrogens (tertiary/aromatic N) is 4. The van der Waals surface area contributed by atoms with Crippen LogP contribution >= 0.6 is 12.6 Å². The molecule has 0 aromatic heterocycles. The maximum absolute atomic E-state index is 13.5. The predicted octanol–water partition coefficient (Wildman–Crippen LogP) is 8.50. The second-order valence-electron chi connectivity index (χ2n) is 16.7. The fourth-order valence-electron chi connectivity index (χ4n) is 8.61. The molecule has 4 aliphatic rings. The minimum atomic E-state index is -0.305. The molecule has 2 fully saturated rings. The molecular weight excluding hydrogens is 793 g/mol. The van der Waals surface area contributed by atoms with Crippen molar-refractivity contribution in [1.82, 2.24) is 9.80 Å². The standard InChI is InChI=1S/C46H60N4O8S.2CH4/c1-31-20-38-34(10-11-35-8-6-12-49(35)44(38)51)24-41(31)57-28-32-21-33(23-37(22-32)48(30-46(2,3)59)14-15-55-18-19-56-17-16-53-4)29-58-43-26-40-39(25-42(43)54-5)45(52)50-13-7-9-36(50)27-47-40;;/h20-27,35-36,59H,6-19,28-30H2,1-5H3;2*1H4/t35-,36-;;/m0../s1. The number of thiol groups is 1. The average Bonchev–Trinajstić information content (AvgIpc) is 3.85. The van der Waals surface area contributed by atoms with E-state index in [1.54, 1.807) is 26.4 Å². The number of carbonyl (C=O) groups is 2. The topological polar surface area (TPSA) is 112 Å². The second kappa shape index (κ2) is 21.7. The molecule has 7 rings (SSSR count). The van der Waals surface area contributed by atoms with Crippen LogP contribution in [0, 0.1) is 6.92 Å². The molecule has 2 atom stereocenters. The van der Waals surface area contributed by atoms with Gasteiger partial charge in [-0.25, -0.2) is 0 Å². The monoisotopic (exact) mass is 860 g/mol. The van der Waals surface area contributed by atoms with Crippen molar-refractivity contribution in [1.29, 1.82) is 0 Å². The molecule has 4 heterocycles. The molecule has 0 unspecified atom stereocenters. The number of anilines is 1. The van der Waals surface area contributed by atoms with E-state index in [-0.39, 0.29) is 44.1 Å². The van der Waals surface area contributed by atoms with Gasteiger partial charge in [-0.3, -0.25) is 14.6 Å². The lowest BCUT2D eigenvalue weighted by molar-refractivity contribution is 0.0264. The number of carbonyl (C=O) groups excluding carboxylic acids is 2. The Balaban J connectivity index is 0.00000352. The Hall–Kier alpha value is -4.30. The van der Waals surface area contributed by atoms with E-state index in [9.17, 15) is 9.59 Å². The van der Waals surface area contributed by atoms with Gasteiger partial charge < -0.3 is 43.1 Å². The van der Waals surface area contributed by atoms with E-state index < -0.39 is 0 Å². The molecule has 2 amide bonds. The molecule has 4 aliphatic heterocycles. The lowest BCUT2D eigenvalue weighted by Gasteiger charge is -2.32. The average molecular weight is 861 g/mol. The van der Waals surface area contributed by atoms with E-state index in [0.717, 1.165) is 90.9 Å². The number of fused-ring (bicyclic) bond motifs is 4. The normalized spacial score (nSPS) is 17.9. The van der Waals surface area contributed by atoms with E-state index in [4.69, 9.17) is 46.0 Å². The number of ether oxygens (including phenoxy) is 6. The van der Waals surface area contributed by atoms with Crippen molar-refractivity contribution in [2.75, 3.05) is 78.3 Å². The van der Waals surface area contributed by atoms with E-state index in [1.165, 1.54) is 0 Å². The SMILES string of the molecule is C.C.COCCOCCOCCN(CC(C)(C)S)c1cc(COc2cc3c(cc2C)C(=O)N2CCC[C@H]2CC3)cc(COc2cc3c(cc2OC)C(=O)N2CCC[C@H]2C=N3)c1. The molecule has 0 aliphatic carbocycles. The Morgan fingerprint density at radius 2 is 1.44 bits per heavy atom. The number of hydrogen-bond donors (Lipinski definition) is 1. The van der Waals surface area contributed by atoms with Gasteiger partial charge in [0.15, 0.2) is 11.5 Å². The van der Waals surface area contributed by atoms with Crippen molar-refractivity contribution in [3.8, 4) is 17.2 Å². The van der Waals surface area contributed by atoms with Gasteiger partial charge >= 0.3 is 0 Å². The molecular formula is C48H68N4O8S. The fraction of sp³-hybridized carbons (Fsp3) is 0.562. The number of aliphatic imine (C=N–C) groups is 1. The van der Waals surface area contributed by atoms with Crippen LogP contribution in [0.15, 0.2) is 47.5 Å².